The molecule has 84 valence electrons. The van der Waals surface area contributed by atoms with E-state index in [0.717, 1.165) is 9.31 Å². The summed E-state index contributed by atoms with van der Waals surface area (Å²) >= 11 is 6.81. The van der Waals surface area contributed by atoms with Gasteiger partial charge >= 0.3 is 6.09 Å². The molecule has 0 bridgehead atoms. The maximum Gasteiger partial charge on any atom is 0.429 e. The first-order valence-electron chi connectivity index (χ1n) is 4.34. The Hall–Kier alpha value is -1.38. The molecule has 0 radical (unpaired) electrons. The molecule has 0 heterocycles. The van der Waals surface area contributed by atoms with E-state index < -0.39 is 6.09 Å². The third-order valence-corrected chi connectivity index (χ3v) is 2.60. The minimum absolute atomic E-state index is 0.392. The van der Waals surface area contributed by atoms with Gasteiger partial charge in [0.15, 0.2) is 0 Å². The van der Waals surface area contributed by atoms with E-state index in [4.69, 9.17) is 21.8 Å². The van der Waals surface area contributed by atoms with Crippen molar-refractivity contribution in [2.24, 2.45) is 0 Å². The van der Waals surface area contributed by atoms with Crippen LogP contribution < -0.4 is 4.74 Å². The molecule has 16 heavy (non-hydrogen) atoms. The molecular weight excluding hydrogens is 248 g/mol. The van der Waals surface area contributed by atoms with E-state index in [1.54, 1.807) is 24.3 Å². The second-order valence-electron chi connectivity index (χ2n) is 2.76. The maximum atomic E-state index is 11.1. The van der Waals surface area contributed by atoms with Crippen LogP contribution >= 0.6 is 23.5 Å². The van der Waals surface area contributed by atoms with Gasteiger partial charge in [-0.25, -0.2) is 9.21 Å². The molecule has 4 nitrogen and oxygen atoms in total. The molecular formula is C10H9ClN2O2S. The zero-order chi connectivity index (χ0) is 12.0. The van der Waals surface area contributed by atoms with Gasteiger partial charge < -0.3 is 4.74 Å². The Labute approximate surface area is 103 Å². The number of rotatable bonds is 3. The van der Waals surface area contributed by atoms with Crippen LogP contribution in [0.25, 0.3) is 0 Å². The first-order chi connectivity index (χ1) is 7.63. The molecule has 1 amide bonds. The standard InChI is InChI=1S/C10H9ClN2O2S/c1-13(11)10(14)15-8-2-4-9(5-3-8)16-7-6-12/h2-5H,7H2,1H3. The molecule has 1 aromatic carbocycles. The topological polar surface area (TPSA) is 53.3 Å². The Morgan fingerprint density at radius 1 is 1.56 bits per heavy atom. The van der Waals surface area contributed by atoms with Crippen molar-refractivity contribution < 1.29 is 9.53 Å². The molecule has 0 unspecified atom stereocenters. The van der Waals surface area contributed by atoms with Crippen LogP contribution in [0.1, 0.15) is 0 Å². The van der Waals surface area contributed by atoms with Crippen LogP contribution in [0.15, 0.2) is 29.2 Å². The third-order valence-electron chi connectivity index (χ3n) is 1.58. The van der Waals surface area contributed by atoms with E-state index in [-0.39, 0.29) is 0 Å². The number of nitriles is 1. The van der Waals surface area contributed by atoms with Crippen LogP contribution in [0.3, 0.4) is 0 Å². The van der Waals surface area contributed by atoms with Crippen molar-refractivity contribution in [1.29, 1.82) is 5.26 Å². The summed E-state index contributed by atoms with van der Waals surface area (Å²) in [5, 5.41) is 8.40. The van der Waals surface area contributed by atoms with Gasteiger partial charge in [-0.3, -0.25) is 0 Å². The Bertz CT molecular complexity index is 400. The lowest BCUT2D eigenvalue weighted by Crippen LogP contribution is -2.20. The molecule has 0 N–H and O–H groups in total. The number of hydrogen-bond acceptors (Lipinski definition) is 4. The second kappa shape index (κ2) is 6.26. The monoisotopic (exact) mass is 256 g/mol. The molecule has 1 aromatic rings. The van der Waals surface area contributed by atoms with Crippen molar-refractivity contribution in [3.8, 4) is 11.8 Å². The lowest BCUT2D eigenvalue weighted by Gasteiger charge is -2.08. The van der Waals surface area contributed by atoms with Gasteiger partial charge in [0, 0.05) is 23.7 Å². The quantitative estimate of drug-likeness (QED) is 0.616. The van der Waals surface area contributed by atoms with Crippen LogP contribution in [-0.2, 0) is 0 Å². The lowest BCUT2D eigenvalue weighted by molar-refractivity contribution is 0.185. The van der Waals surface area contributed by atoms with Crippen LogP contribution in [-0.4, -0.2) is 23.3 Å². The molecule has 0 spiro atoms. The molecule has 0 saturated carbocycles. The summed E-state index contributed by atoms with van der Waals surface area (Å²) in [6.07, 6.45) is -0.640. The van der Waals surface area contributed by atoms with E-state index in [0.29, 0.717) is 11.5 Å². The Morgan fingerprint density at radius 3 is 2.69 bits per heavy atom. The highest BCUT2D eigenvalue weighted by Gasteiger charge is 2.08. The van der Waals surface area contributed by atoms with E-state index in [9.17, 15) is 4.79 Å². The van der Waals surface area contributed by atoms with Crippen molar-refractivity contribution in [2.75, 3.05) is 12.8 Å². The smallest absolute Gasteiger partial charge is 0.409 e. The Kier molecular flexibility index (Phi) is 4.96. The highest BCUT2D eigenvalue weighted by molar-refractivity contribution is 7.99. The van der Waals surface area contributed by atoms with Crippen LogP contribution in [0.4, 0.5) is 4.79 Å². The van der Waals surface area contributed by atoms with Gasteiger partial charge in [-0.1, -0.05) is 0 Å². The predicted molar refractivity (Wildman–Crippen MR) is 62.4 cm³/mol. The Balaban J connectivity index is 2.58. The fourth-order valence-electron chi connectivity index (χ4n) is 0.883. The van der Waals surface area contributed by atoms with E-state index in [2.05, 4.69) is 0 Å². The molecule has 0 atom stereocenters. The number of amides is 1. The van der Waals surface area contributed by atoms with E-state index in [1.807, 2.05) is 6.07 Å². The summed E-state index contributed by atoms with van der Waals surface area (Å²) in [6.45, 7) is 0. The van der Waals surface area contributed by atoms with E-state index >= 15 is 0 Å². The zero-order valence-electron chi connectivity index (χ0n) is 8.51. The number of benzene rings is 1. The van der Waals surface area contributed by atoms with Crippen molar-refractivity contribution >= 4 is 29.6 Å². The first kappa shape index (κ1) is 12.7. The first-order valence-corrected chi connectivity index (χ1v) is 5.67. The van der Waals surface area contributed by atoms with E-state index in [1.165, 1.54) is 18.8 Å². The number of carbonyl (C=O) groups excluding carboxylic acids is 1. The van der Waals surface area contributed by atoms with Crippen LogP contribution in [0.2, 0.25) is 0 Å². The SMILES string of the molecule is CN(Cl)C(=O)Oc1ccc(SCC#N)cc1. The minimum Gasteiger partial charge on any atom is -0.409 e. The van der Waals surface area contributed by atoms with Crippen molar-refractivity contribution in [2.45, 2.75) is 4.90 Å². The molecule has 0 aliphatic rings. The number of hydrogen-bond donors (Lipinski definition) is 0. The average molecular weight is 257 g/mol. The van der Waals surface area contributed by atoms with Crippen molar-refractivity contribution in [3.05, 3.63) is 24.3 Å². The summed E-state index contributed by atoms with van der Waals surface area (Å²) in [6, 6.07) is 8.89. The summed E-state index contributed by atoms with van der Waals surface area (Å²) in [4.78, 5) is 12.0. The molecule has 0 saturated heterocycles. The van der Waals surface area contributed by atoms with Gasteiger partial charge in [-0.15, -0.1) is 11.8 Å². The predicted octanol–water partition coefficient (Wildman–Crippen LogP) is 2.89. The summed E-state index contributed by atoms with van der Waals surface area (Å²) in [5.41, 5.74) is 0. The van der Waals surface area contributed by atoms with Crippen molar-refractivity contribution in [1.82, 2.24) is 4.42 Å². The average Bonchev–Trinajstić information content (AvgIpc) is 2.28. The lowest BCUT2D eigenvalue weighted by atomic mass is 10.3. The summed E-state index contributed by atoms with van der Waals surface area (Å²) in [7, 11) is 1.39. The molecule has 1 rings (SSSR count). The van der Waals surface area contributed by atoms with Crippen molar-refractivity contribution in [3.63, 3.8) is 0 Å². The largest absolute Gasteiger partial charge is 0.429 e. The number of halogens is 1. The summed E-state index contributed by atoms with van der Waals surface area (Å²) < 4.78 is 5.75. The number of thioether (sulfide) groups is 1. The molecule has 0 aromatic heterocycles. The normalized spacial score (nSPS) is 9.31. The minimum atomic E-state index is -0.640. The van der Waals surface area contributed by atoms with Gasteiger partial charge in [0.05, 0.1) is 11.8 Å². The van der Waals surface area contributed by atoms with Gasteiger partial charge in [0.2, 0.25) is 0 Å². The number of ether oxygens (including phenoxy) is 1. The van der Waals surface area contributed by atoms with Crippen LogP contribution in [0, 0.1) is 11.3 Å². The Morgan fingerprint density at radius 2 is 2.19 bits per heavy atom. The fourth-order valence-corrected chi connectivity index (χ4v) is 1.48. The molecule has 6 heteroatoms. The summed E-state index contributed by atoms with van der Waals surface area (Å²) in [5.74, 6) is 0.808. The molecule has 0 aliphatic heterocycles. The van der Waals surface area contributed by atoms with Gasteiger partial charge in [0.1, 0.15) is 5.75 Å². The van der Waals surface area contributed by atoms with Crippen LogP contribution in [0.5, 0.6) is 5.75 Å². The molecule has 0 aliphatic carbocycles. The molecule has 0 fully saturated rings. The maximum absolute atomic E-state index is 11.1. The number of nitrogens with zero attached hydrogens (tertiary/aromatic N) is 2. The van der Waals surface area contributed by atoms with Gasteiger partial charge in [-0.05, 0) is 24.3 Å². The third kappa shape index (κ3) is 4.01. The second-order valence-corrected chi connectivity index (χ2v) is 4.32. The highest BCUT2D eigenvalue weighted by atomic mass is 35.5. The fraction of sp³-hybridized carbons (Fsp3) is 0.200. The zero-order valence-corrected chi connectivity index (χ0v) is 10.1. The number of carbonyl (C=O) groups is 1. The van der Waals surface area contributed by atoms with Gasteiger partial charge in [-0.2, -0.15) is 5.26 Å². The van der Waals surface area contributed by atoms with Gasteiger partial charge in [0.25, 0.3) is 0 Å². The highest BCUT2D eigenvalue weighted by Crippen LogP contribution is 2.21.